The van der Waals surface area contributed by atoms with Crippen LogP contribution in [0.2, 0.25) is 0 Å². The Morgan fingerprint density at radius 1 is 1.25 bits per heavy atom. The van der Waals surface area contributed by atoms with Crippen molar-refractivity contribution in [3.05, 3.63) is 46.2 Å². The molecule has 0 aliphatic heterocycles. The topological polar surface area (TPSA) is 30.5 Å². The molecule has 1 aliphatic rings. The van der Waals surface area contributed by atoms with E-state index in [1.807, 2.05) is 18.2 Å². The van der Waals surface area contributed by atoms with Crippen molar-refractivity contribution in [3.63, 3.8) is 0 Å². The fraction of sp³-hybridized carbons (Fsp3) is 0.375. The second-order valence-electron chi connectivity index (χ2n) is 4.97. The zero-order valence-corrected chi connectivity index (χ0v) is 12.4. The SMILES string of the molecule is COc1cccc(CNC2CC2)c1OCc1cccs1. The molecule has 0 spiro atoms. The van der Waals surface area contributed by atoms with Crippen molar-refractivity contribution in [3.8, 4) is 11.5 Å². The van der Waals surface area contributed by atoms with Crippen molar-refractivity contribution < 1.29 is 9.47 Å². The Morgan fingerprint density at radius 3 is 2.85 bits per heavy atom. The first-order chi connectivity index (χ1) is 9.86. The molecule has 1 aromatic heterocycles. The molecule has 0 atom stereocenters. The molecule has 106 valence electrons. The maximum Gasteiger partial charge on any atom is 0.166 e. The Bertz CT molecular complexity index is 550. The molecule has 0 bridgehead atoms. The molecule has 4 heteroatoms. The van der Waals surface area contributed by atoms with E-state index in [4.69, 9.17) is 9.47 Å². The third kappa shape index (κ3) is 3.32. The Balaban J connectivity index is 1.73. The summed E-state index contributed by atoms with van der Waals surface area (Å²) in [5.41, 5.74) is 1.16. The third-order valence-corrected chi connectivity index (χ3v) is 4.23. The largest absolute Gasteiger partial charge is 0.493 e. The van der Waals surface area contributed by atoms with Gasteiger partial charge in [-0.15, -0.1) is 11.3 Å². The van der Waals surface area contributed by atoms with Crippen LogP contribution in [0.1, 0.15) is 23.3 Å². The molecular weight excluding hydrogens is 270 g/mol. The maximum absolute atomic E-state index is 6.00. The monoisotopic (exact) mass is 289 g/mol. The van der Waals surface area contributed by atoms with E-state index < -0.39 is 0 Å². The minimum Gasteiger partial charge on any atom is -0.493 e. The zero-order valence-electron chi connectivity index (χ0n) is 11.6. The van der Waals surface area contributed by atoms with E-state index in [0.29, 0.717) is 12.6 Å². The molecular formula is C16H19NO2S. The van der Waals surface area contributed by atoms with Crippen LogP contribution < -0.4 is 14.8 Å². The van der Waals surface area contributed by atoms with Crippen LogP contribution in [-0.4, -0.2) is 13.2 Å². The number of hydrogen-bond acceptors (Lipinski definition) is 4. The fourth-order valence-electron chi connectivity index (χ4n) is 2.10. The zero-order chi connectivity index (χ0) is 13.8. The molecule has 1 aliphatic carbocycles. The minimum absolute atomic E-state index is 0.592. The number of rotatable bonds is 7. The first-order valence-corrected chi connectivity index (χ1v) is 7.79. The first kappa shape index (κ1) is 13.5. The number of hydrogen-bond donors (Lipinski definition) is 1. The van der Waals surface area contributed by atoms with Gasteiger partial charge in [-0.25, -0.2) is 0 Å². The second kappa shape index (κ2) is 6.29. The van der Waals surface area contributed by atoms with Crippen molar-refractivity contribution in [2.24, 2.45) is 0 Å². The fourth-order valence-corrected chi connectivity index (χ4v) is 2.72. The van der Waals surface area contributed by atoms with Crippen LogP contribution in [0.15, 0.2) is 35.7 Å². The Hall–Kier alpha value is -1.52. The van der Waals surface area contributed by atoms with Crippen LogP contribution >= 0.6 is 11.3 Å². The van der Waals surface area contributed by atoms with Gasteiger partial charge in [-0.3, -0.25) is 0 Å². The summed E-state index contributed by atoms with van der Waals surface area (Å²) in [5.74, 6) is 1.66. The number of para-hydroxylation sites is 1. The van der Waals surface area contributed by atoms with Gasteiger partial charge in [0.2, 0.25) is 0 Å². The average molecular weight is 289 g/mol. The van der Waals surface area contributed by atoms with Crippen LogP contribution in [0.4, 0.5) is 0 Å². The summed E-state index contributed by atoms with van der Waals surface area (Å²) in [6.07, 6.45) is 2.57. The van der Waals surface area contributed by atoms with Crippen molar-refractivity contribution in [2.45, 2.75) is 32.0 Å². The normalized spacial score (nSPS) is 14.2. The van der Waals surface area contributed by atoms with Crippen LogP contribution in [0.25, 0.3) is 0 Å². The lowest BCUT2D eigenvalue weighted by atomic mass is 10.2. The van der Waals surface area contributed by atoms with Gasteiger partial charge in [0.25, 0.3) is 0 Å². The molecule has 0 unspecified atom stereocenters. The summed E-state index contributed by atoms with van der Waals surface area (Å²) in [5, 5.41) is 5.59. The van der Waals surface area contributed by atoms with Gasteiger partial charge in [-0.05, 0) is 30.4 Å². The molecule has 20 heavy (non-hydrogen) atoms. The van der Waals surface area contributed by atoms with Crippen LogP contribution in [-0.2, 0) is 13.2 Å². The molecule has 0 saturated heterocycles. The molecule has 1 aromatic carbocycles. The summed E-state index contributed by atoms with van der Waals surface area (Å²) in [6, 6.07) is 10.9. The number of benzene rings is 1. The van der Waals surface area contributed by atoms with E-state index in [0.717, 1.165) is 23.6 Å². The van der Waals surface area contributed by atoms with E-state index in [9.17, 15) is 0 Å². The van der Waals surface area contributed by atoms with Crippen molar-refractivity contribution in [2.75, 3.05) is 7.11 Å². The lowest BCUT2D eigenvalue weighted by molar-refractivity contribution is 0.283. The van der Waals surface area contributed by atoms with Crippen molar-refractivity contribution >= 4 is 11.3 Å². The summed E-state index contributed by atoms with van der Waals surface area (Å²) in [7, 11) is 1.69. The highest BCUT2D eigenvalue weighted by Gasteiger charge is 2.21. The summed E-state index contributed by atoms with van der Waals surface area (Å²) >= 11 is 1.71. The van der Waals surface area contributed by atoms with E-state index in [2.05, 4.69) is 22.8 Å². The molecule has 2 aromatic rings. The highest BCUT2D eigenvalue weighted by Crippen LogP contribution is 2.32. The second-order valence-corrected chi connectivity index (χ2v) is 6.00. The number of thiophene rings is 1. The van der Waals surface area contributed by atoms with Crippen molar-refractivity contribution in [1.29, 1.82) is 0 Å². The maximum atomic E-state index is 6.00. The van der Waals surface area contributed by atoms with Crippen LogP contribution in [0.5, 0.6) is 11.5 Å². The lowest BCUT2D eigenvalue weighted by Crippen LogP contribution is -2.16. The molecule has 1 N–H and O–H groups in total. The number of nitrogens with one attached hydrogen (secondary N) is 1. The van der Waals surface area contributed by atoms with Crippen LogP contribution in [0, 0.1) is 0 Å². The van der Waals surface area contributed by atoms with Gasteiger partial charge in [0.05, 0.1) is 7.11 Å². The molecule has 1 fully saturated rings. The van der Waals surface area contributed by atoms with Gasteiger partial charge in [0.15, 0.2) is 11.5 Å². The van der Waals surface area contributed by atoms with Gasteiger partial charge in [-0.2, -0.15) is 0 Å². The van der Waals surface area contributed by atoms with E-state index in [1.54, 1.807) is 18.4 Å². The van der Waals surface area contributed by atoms with Gasteiger partial charge in [0.1, 0.15) is 6.61 Å². The quantitative estimate of drug-likeness (QED) is 0.845. The number of ether oxygens (including phenoxy) is 2. The first-order valence-electron chi connectivity index (χ1n) is 6.91. The smallest absolute Gasteiger partial charge is 0.166 e. The Labute approximate surface area is 123 Å². The molecule has 1 heterocycles. The molecule has 3 rings (SSSR count). The van der Waals surface area contributed by atoms with E-state index >= 15 is 0 Å². The number of methoxy groups -OCH3 is 1. The molecule has 3 nitrogen and oxygen atoms in total. The van der Waals surface area contributed by atoms with Crippen LogP contribution in [0.3, 0.4) is 0 Å². The molecule has 0 radical (unpaired) electrons. The lowest BCUT2D eigenvalue weighted by Gasteiger charge is -2.15. The molecule has 1 saturated carbocycles. The Kier molecular flexibility index (Phi) is 4.23. The third-order valence-electron chi connectivity index (χ3n) is 3.38. The minimum atomic E-state index is 0.592. The summed E-state index contributed by atoms with van der Waals surface area (Å²) < 4.78 is 11.4. The van der Waals surface area contributed by atoms with Gasteiger partial charge in [-0.1, -0.05) is 18.2 Å². The highest BCUT2D eigenvalue weighted by atomic mass is 32.1. The Morgan fingerprint density at radius 2 is 2.15 bits per heavy atom. The van der Waals surface area contributed by atoms with Gasteiger partial charge >= 0.3 is 0 Å². The van der Waals surface area contributed by atoms with Crippen molar-refractivity contribution in [1.82, 2.24) is 5.32 Å². The summed E-state index contributed by atoms with van der Waals surface area (Å²) in [6.45, 7) is 1.43. The van der Waals surface area contributed by atoms with E-state index in [1.165, 1.54) is 17.7 Å². The van der Waals surface area contributed by atoms with Gasteiger partial charge in [0, 0.05) is 23.0 Å². The molecule has 0 amide bonds. The van der Waals surface area contributed by atoms with Gasteiger partial charge < -0.3 is 14.8 Å². The predicted molar refractivity (Wildman–Crippen MR) is 81.5 cm³/mol. The highest BCUT2D eigenvalue weighted by molar-refractivity contribution is 7.09. The average Bonchev–Trinajstić information content (AvgIpc) is 3.17. The van der Waals surface area contributed by atoms with E-state index in [-0.39, 0.29) is 0 Å². The summed E-state index contributed by atoms with van der Waals surface area (Å²) in [4.78, 5) is 1.22. The predicted octanol–water partition coefficient (Wildman–Crippen LogP) is 3.59. The standard InChI is InChI=1S/C16H19NO2S/c1-18-15-6-2-4-12(10-17-13-7-8-13)16(15)19-11-14-5-3-9-20-14/h2-6,9,13,17H,7-8,10-11H2,1H3.